The third-order valence-electron chi connectivity index (χ3n) is 3.89. The molecule has 3 nitrogen and oxygen atoms in total. The summed E-state index contributed by atoms with van der Waals surface area (Å²) in [4.78, 5) is 1.74. The third kappa shape index (κ3) is 3.70. The molecule has 1 N–H and O–H groups in total. The van der Waals surface area contributed by atoms with Gasteiger partial charge in [0.2, 0.25) is 0 Å². The van der Waals surface area contributed by atoms with E-state index in [0.717, 1.165) is 37.9 Å². The van der Waals surface area contributed by atoms with Crippen LogP contribution in [0.5, 0.6) is 0 Å². The fourth-order valence-corrected chi connectivity index (χ4v) is 2.78. The number of halogens is 2. The molecule has 21 heavy (non-hydrogen) atoms. The van der Waals surface area contributed by atoms with Crippen LogP contribution in [0.25, 0.3) is 0 Å². The summed E-state index contributed by atoms with van der Waals surface area (Å²) in [6.45, 7) is 5.35. The lowest BCUT2D eigenvalue weighted by Crippen LogP contribution is -2.46. The van der Waals surface area contributed by atoms with E-state index in [9.17, 15) is 8.78 Å². The topological polar surface area (TPSA) is 39.1 Å². The first kappa shape index (κ1) is 15.7. The summed E-state index contributed by atoms with van der Waals surface area (Å²) in [7, 11) is 0. The van der Waals surface area contributed by atoms with E-state index in [1.165, 1.54) is 0 Å². The van der Waals surface area contributed by atoms with Crippen LogP contribution in [0.4, 0.5) is 14.5 Å². The van der Waals surface area contributed by atoms with Gasteiger partial charge in [-0.05, 0) is 45.4 Å². The van der Waals surface area contributed by atoms with Crippen molar-refractivity contribution in [1.82, 2.24) is 5.32 Å². The van der Waals surface area contributed by atoms with Crippen molar-refractivity contribution in [1.29, 1.82) is 5.26 Å². The molecule has 0 spiro atoms. The zero-order chi connectivity index (χ0) is 15.4. The molecule has 1 aromatic rings. The van der Waals surface area contributed by atoms with Crippen LogP contribution in [0.2, 0.25) is 0 Å². The molecule has 114 valence electrons. The van der Waals surface area contributed by atoms with E-state index in [1.54, 1.807) is 11.0 Å². The third-order valence-corrected chi connectivity index (χ3v) is 3.89. The molecule has 5 heteroatoms. The minimum atomic E-state index is -0.670. The second-order valence-corrected chi connectivity index (χ2v) is 5.79. The van der Waals surface area contributed by atoms with E-state index in [4.69, 9.17) is 5.26 Å². The second kappa shape index (κ2) is 6.86. The Morgan fingerprint density at radius 3 is 2.48 bits per heavy atom. The number of hydrogen-bond donors (Lipinski definition) is 1. The van der Waals surface area contributed by atoms with Gasteiger partial charge in [0.05, 0.1) is 11.6 Å². The molecule has 0 amide bonds. The van der Waals surface area contributed by atoms with Crippen LogP contribution in [0, 0.1) is 23.0 Å². The first-order valence-electron chi connectivity index (χ1n) is 7.42. The highest BCUT2D eigenvalue weighted by Gasteiger charge is 2.24. The van der Waals surface area contributed by atoms with E-state index in [-0.39, 0.29) is 23.3 Å². The smallest absolute Gasteiger partial charge is 0.150 e. The van der Waals surface area contributed by atoms with Gasteiger partial charge in [-0.1, -0.05) is 6.42 Å². The van der Waals surface area contributed by atoms with Crippen LogP contribution >= 0.6 is 0 Å². The van der Waals surface area contributed by atoms with Crippen LogP contribution in [-0.2, 0) is 0 Å². The predicted octanol–water partition coefficient (Wildman–Crippen LogP) is 3.19. The van der Waals surface area contributed by atoms with Gasteiger partial charge in [-0.15, -0.1) is 0 Å². The Bertz CT molecular complexity index is 508. The molecule has 1 aliphatic heterocycles. The summed E-state index contributed by atoms with van der Waals surface area (Å²) in [6, 6.07) is 4.20. The van der Waals surface area contributed by atoms with Gasteiger partial charge in [-0.2, -0.15) is 5.26 Å². The fraction of sp³-hybridized carbons (Fsp3) is 0.562. The summed E-state index contributed by atoms with van der Waals surface area (Å²) in [5.41, 5.74) is -0.0235. The lowest BCUT2D eigenvalue weighted by Gasteiger charge is -2.35. The number of piperidine rings is 1. The van der Waals surface area contributed by atoms with Gasteiger partial charge >= 0.3 is 0 Å². The molecule has 0 aromatic heterocycles. The molecule has 1 aliphatic rings. The number of nitriles is 1. The number of hydrogen-bond acceptors (Lipinski definition) is 3. The van der Waals surface area contributed by atoms with Gasteiger partial charge in [0.1, 0.15) is 5.69 Å². The molecule has 2 rings (SSSR count). The Morgan fingerprint density at radius 1 is 1.33 bits per heavy atom. The SMILES string of the molecule is CC(C)N(CC1CCCCN1)c1c(F)cc(C#N)cc1F. The molecule has 1 fully saturated rings. The highest BCUT2D eigenvalue weighted by Crippen LogP contribution is 2.27. The maximum atomic E-state index is 14.2. The second-order valence-electron chi connectivity index (χ2n) is 5.79. The van der Waals surface area contributed by atoms with Gasteiger partial charge in [0.15, 0.2) is 11.6 Å². The summed E-state index contributed by atoms with van der Waals surface area (Å²) in [6.07, 6.45) is 3.31. The average Bonchev–Trinajstić information content (AvgIpc) is 2.46. The van der Waals surface area contributed by atoms with Crippen molar-refractivity contribution in [3.8, 4) is 6.07 Å². The van der Waals surface area contributed by atoms with Crippen LogP contribution in [0.15, 0.2) is 12.1 Å². The molecular weight excluding hydrogens is 272 g/mol. The lowest BCUT2D eigenvalue weighted by atomic mass is 10.0. The van der Waals surface area contributed by atoms with E-state index in [2.05, 4.69) is 5.32 Å². The van der Waals surface area contributed by atoms with Crippen molar-refractivity contribution in [3.63, 3.8) is 0 Å². The standard InChI is InChI=1S/C16H21F2N3/c1-11(2)21(10-13-5-3-4-6-20-13)16-14(17)7-12(9-19)8-15(16)18/h7-8,11,13,20H,3-6,10H2,1-2H3. The Kier molecular flexibility index (Phi) is 5.13. The van der Waals surface area contributed by atoms with Crippen molar-refractivity contribution >= 4 is 5.69 Å². The summed E-state index contributed by atoms with van der Waals surface area (Å²) in [5.74, 6) is -1.34. The zero-order valence-corrected chi connectivity index (χ0v) is 12.5. The molecule has 0 bridgehead atoms. The number of nitrogens with one attached hydrogen (secondary N) is 1. The Labute approximate surface area is 124 Å². The highest BCUT2D eigenvalue weighted by atomic mass is 19.1. The van der Waals surface area contributed by atoms with E-state index >= 15 is 0 Å². The van der Waals surface area contributed by atoms with E-state index in [1.807, 2.05) is 13.8 Å². The summed E-state index contributed by atoms with van der Waals surface area (Å²) in [5, 5.41) is 12.2. The van der Waals surface area contributed by atoms with Gasteiger partial charge in [-0.25, -0.2) is 8.78 Å². The van der Waals surface area contributed by atoms with Gasteiger partial charge < -0.3 is 10.2 Å². The molecule has 1 unspecified atom stereocenters. The monoisotopic (exact) mass is 293 g/mol. The lowest BCUT2D eigenvalue weighted by molar-refractivity contribution is 0.390. The maximum Gasteiger partial charge on any atom is 0.150 e. The Hall–Kier alpha value is -1.67. The van der Waals surface area contributed by atoms with Crippen molar-refractivity contribution in [2.45, 2.75) is 45.2 Å². The van der Waals surface area contributed by atoms with Gasteiger partial charge in [-0.3, -0.25) is 0 Å². The molecule has 1 atom stereocenters. The minimum absolute atomic E-state index is 0.00764. The molecule has 1 saturated heterocycles. The number of anilines is 1. The quantitative estimate of drug-likeness (QED) is 0.926. The molecule has 1 heterocycles. The summed E-state index contributed by atoms with van der Waals surface area (Å²) < 4.78 is 28.4. The molecule has 0 saturated carbocycles. The van der Waals surface area contributed by atoms with Crippen molar-refractivity contribution in [3.05, 3.63) is 29.3 Å². The van der Waals surface area contributed by atoms with Crippen LogP contribution in [0.3, 0.4) is 0 Å². The Balaban J connectivity index is 2.28. The van der Waals surface area contributed by atoms with Crippen LogP contribution in [0.1, 0.15) is 38.7 Å². The minimum Gasteiger partial charge on any atom is -0.363 e. The van der Waals surface area contributed by atoms with Crippen LogP contribution < -0.4 is 10.2 Å². The number of rotatable bonds is 4. The molecule has 0 aliphatic carbocycles. The van der Waals surface area contributed by atoms with Crippen LogP contribution in [-0.4, -0.2) is 25.2 Å². The maximum absolute atomic E-state index is 14.2. The van der Waals surface area contributed by atoms with E-state index in [0.29, 0.717) is 6.54 Å². The largest absolute Gasteiger partial charge is 0.363 e. The first-order valence-corrected chi connectivity index (χ1v) is 7.42. The molecule has 0 radical (unpaired) electrons. The fourth-order valence-electron chi connectivity index (χ4n) is 2.78. The number of nitrogens with zero attached hydrogens (tertiary/aromatic N) is 2. The normalized spacial score (nSPS) is 18.6. The summed E-state index contributed by atoms with van der Waals surface area (Å²) >= 11 is 0. The highest BCUT2D eigenvalue weighted by molar-refractivity contribution is 5.53. The van der Waals surface area contributed by atoms with Crippen molar-refractivity contribution in [2.75, 3.05) is 18.0 Å². The molecule has 1 aromatic carbocycles. The van der Waals surface area contributed by atoms with Crippen molar-refractivity contribution < 1.29 is 8.78 Å². The van der Waals surface area contributed by atoms with Crippen molar-refractivity contribution in [2.24, 2.45) is 0 Å². The zero-order valence-electron chi connectivity index (χ0n) is 12.5. The van der Waals surface area contributed by atoms with E-state index < -0.39 is 11.6 Å². The van der Waals surface area contributed by atoms with Gasteiger partial charge in [0.25, 0.3) is 0 Å². The number of benzene rings is 1. The Morgan fingerprint density at radius 2 is 2.00 bits per heavy atom. The average molecular weight is 293 g/mol. The first-order chi connectivity index (χ1) is 10.0. The van der Waals surface area contributed by atoms with Gasteiger partial charge in [0, 0.05) is 18.6 Å². The predicted molar refractivity (Wildman–Crippen MR) is 79.2 cm³/mol. The molecular formula is C16H21F2N3.